The highest BCUT2D eigenvalue weighted by atomic mass is 16.1. The van der Waals surface area contributed by atoms with Gasteiger partial charge in [0.05, 0.1) is 11.3 Å². The van der Waals surface area contributed by atoms with Crippen LogP contribution in [-0.2, 0) is 7.05 Å². The molecule has 0 aliphatic rings. The number of nitrogens with zero attached hydrogens (tertiary/aromatic N) is 1. The summed E-state index contributed by atoms with van der Waals surface area (Å²) in [5.74, 6) is 0.319. The van der Waals surface area contributed by atoms with Crippen molar-refractivity contribution < 1.29 is 0 Å². The van der Waals surface area contributed by atoms with Crippen molar-refractivity contribution in [2.24, 2.45) is 7.05 Å². The van der Waals surface area contributed by atoms with E-state index in [1.807, 2.05) is 42.1 Å². The second kappa shape index (κ2) is 4.00. The molecule has 0 unspecified atom stereocenters. The van der Waals surface area contributed by atoms with E-state index in [2.05, 4.69) is 18.9 Å². The highest BCUT2D eigenvalue weighted by Crippen LogP contribution is 2.25. The molecule has 0 bridgehead atoms. The second-order valence-corrected chi connectivity index (χ2v) is 4.28. The molecule has 0 amide bonds. The summed E-state index contributed by atoms with van der Waals surface area (Å²) in [4.78, 5) is 11.9. The normalized spacial score (nSPS) is 11.0. The minimum absolute atomic E-state index is 0.0163. The van der Waals surface area contributed by atoms with Crippen LogP contribution in [0.25, 0.3) is 11.1 Å². The van der Waals surface area contributed by atoms with Gasteiger partial charge in [0, 0.05) is 7.05 Å². The molecule has 0 aliphatic carbocycles. The van der Waals surface area contributed by atoms with E-state index >= 15 is 0 Å². The van der Waals surface area contributed by atoms with Crippen molar-refractivity contribution in [3.05, 3.63) is 46.4 Å². The number of aryl methyl sites for hydroxylation is 1. The van der Waals surface area contributed by atoms with Crippen LogP contribution in [0.1, 0.15) is 25.5 Å². The Labute approximate surface area is 94.7 Å². The predicted octanol–water partition coefficient (Wildman–Crippen LogP) is 2.50. The van der Waals surface area contributed by atoms with Gasteiger partial charge in [-0.25, -0.2) is 0 Å². The van der Waals surface area contributed by atoms with Gasteiger partial charge in [0.1, 0.15) is 0 Å². The molecular weight excluding hydrogens is 200 g/mol. The van der Waals surface area contributed by atoms with Crippen LogP contribution in [0.5, 0.6) is 0 Å². The molecule has 0 saturated heterocycles. The first-order chi connectivity index (χ1) is 7.61. The average molecular weight is 216 g/mol. The topological polar surface area (TPSA) is 37.8 Å². The zero-order chi connectivity index (χ0) is 11.7. The Kier molecular flexibility index (Phi) is 2.69. The van der Waals surface area contributed by atoms with Gasteiger partial charge in [-0.3, -0.25) is 14.6 Å². The Morgan fingerprint density at radius 2 is 1.81 bits per heavy atom. The lowest BCUT2D eigenvalue weighted by Gasteiger charge is -2.09. The molecule has 0 spiro atoms. The molecule has 0 fully saturated rings. The third kappa shape index (κ3) is 1.69. The van der Waals surface area contributed by atoms with Gasteiger partial charge in [0.2, 0.25) is 0 Å². The molecule has 0 radical (unpaired) electrons. The summed E-state index contributed by atoms with van der Waals surface area (Å²) in [7, 11) is 1.88. The smallest absolute Gasteiger partial charge is 0.272 e. The quantitative estimate of drug-likeness (QED) is 0.823. The third-order valence-electron chi connectivity index (χ3n) is 2.72. The van der Waals surface area contributed by atoms with Crippen molar-refractivity contribution in [3.63, 3.8) is 0 Å². The van der Waals surface area contributed by atoms with Gasteiger partial charge in [-0.2, -0.15) is 0 Å². The largest absolute Gasteiger partial charge is 0.291 e. The van der Waals surface area contributed by atoms with E-state index < -0.39 is 0 Å². The fraction of sp³-hybridized carbons (Fsp3) is 0.308. The third-order valence-corrected chi connectivity index (χ3v) is 2.72. The first-order valence-electron chi connectivity index (χ1n) is 5.45. The van der Waals surface area contributed by atoms with Crippen LogP contribution < -0.4 is 5.56 Å². The Balaban J connectivity index is 2.70. The molecule has 3 nitrogen and oxygen atoms in total. The lowest BCUT2D eigenvalue weighted by Crippen LogP contribution is -2.03. The van der Waals surface area contributed by atoms with Gasteiger partial charge >= 0.3 is 0 Å². The molecule has 0 saturated carbocycles. The summed E-state index contributed by atoms with van der Waals surface area (Å²) in [6.45, 7) is 4.18. The van der Waals surface area contributed by atoms with E-state index in [9.17, 15) is 4.79 Å². The van der Waals surface area contributed by atoms with Crippen LogP contribution >= 0.6 is 0 Å². The predicted molar refractivity (Wildman–Crippen MR) is 65.6 cm³/mol. The zero-order valence-corrected chi connectivity index (χ0v) is 9.82. The van der Waals surface area contributed by atoms with Crippen molar-refractivity contribution in [1.29, 1.82) is 0 Å². The van der Waals surface area contributed by atoms with Gasteiger partial charge in [-0.15, -0.1) is 0 Å². The number of rotatable bonds is 2. The summed E-state index contributed by atoms with van der Waals surface area (Å²) >= 11 is 0. The van der Waals surface area contributed by atoms with Crippen molar-refractivity contribution in [2.45, 2.75) is 19.8 Å². The average Bonchev–Trinajstić information content (AvgIpc) is 2.55. The maximum Gasteiger partial charge on any atom is 0.272 e. The number of hydrogen-bond donors (Lipinski definition) is 1. The Hall–Kier alpha value is -1.77. The van der Waals surface area contributed by atoms with Crippen molar-refractivity contribution >= 4 is 0 Å². The standard InChI is InChI=1S/C13H16N2O/c1-9(2)12-11(13(16)14-15(12)3)10-7-5-4-6-8-10/h4-9H,1-3H3,(H,14,16). The summed E-state index contributed by atoms with van der Waals surface area (Å²) in [5.41, 5.74) is 2.81. The summed E-state index contributed by atoms with van der Waals surface area (Å²) < 4.78 is 1.81. The van der Waals surface area contributed by atoms with Gasteiger partial charge in [0.25, 0.3) is 5.56 Å². The van der Waals surface area contributed by atoms with E-state index in [1.54, 1.807) is 0 Å². The molecule has 2 rings (SSSR count). The van der Waals surface area contributed by atoms with E-state index in [0.29, 0.717) is 5.92 Å². The maximum absolute atomic E-state index is 11.9. The second-order valence-electron chi connectivity index (χ2n) is 4.28. The molecule has 3 heteroatoms. The molecule has 0 aliphatic heterocycles. The molecule has 1 aromatic carbocycles. The number of hydrogen-bond acceptors (Lipinski definition) is 1. The van der Waals surface area contributed by atoms with Crippen molar-refractivity contribution in [1.82, 2.24) is 9.78 Å². The molecule has 2 aromatic rings. The maximum atomic E-state index is 11.9. The molecule has 1 aromatic heterocycles. The molecule has 0 atom stereocenters. The SMILES string of the molecule is CC(C)c1c(-c2ccccc2)c(=O)[nH]n1C. The van der Waals surface area contributed by atoms with Gasteiger partial charge in [-0.1, -0.05) is 44.2 Å². The molecule has 1 N–H and O–H groups in total. The zero-order valence-electron chi connectivity index (χ0n) is 9.82. The summed E-state index contributed by atoms with van der Waals surface area (Å²) in [5, 5.41) is 2.82. The molecule has 1 heterocycles. The molecular formula is C13H16N2O. The molecule has 84 valence electrons. The van der Waals surface area contributed by atoms with Gasteiger partial charge in [-0.05, 0) is 11.5 Å². The minimum atomic E-state index is -0.0163. The van der Waals surface area contributed by atoms with E-state index in [-0.39, 0.29) is 5.56 Å². The molecule has 16 heavy (non-hydrogen) atoms. The van der Waals surface area contributed by atoms with Crippen molar-refractivity contribution in [3.8, 4) is 11.1 Å². The number of nitrogens with one attached hydrogen (secondary N) is 1. The van der Waals surface area contributed by atoms with Crippen LogP contribution in [-0.4, -0.2) is 9.78 Å². The number of benzene rings is 1. The number of aromatic nitrogens is 2. The first kappa shape index (κ1) is 10.7. The lowest BCUT2D eigenvalue weighted by molar-refractivity contribution is 0.666. The van der Waals surface area contributed by atoms with E-state index in [4.69, 9.17) is 0 Å². The van der Waals surface area contributed by atoms with Crippen LogP contribution in [0.4, 0.5) is 0 Å². The van der Waals surface area contributed by atoms with Crippen LogP contribution in [0.3, 0.4) is 0 Å². The number of H-pyrrole nitrogens is 1. The fourth-order valence-electron chi connectivity index (χ4n) is 2.11. The highest BCUT2D eigenvalue weighted by Gasteiger charge is 2.16. The minimum Gasteiger partial charge on any atom is -0.291 e. The van der Waals surface area contributed by atoms with E-state index in [1.165, 1.54) is 0 Å². The Morgan fingerprint density at radius 1 is 1.19 bits per heavy atom. The van der Waals surface area contributed by atoms with Crippen LogP contribution in [0.15, 0.2) is 35.1 Å². The fourth-order valence-corrected chi connectivity index (χ4v) is 2.11. The lowest BCUT2D eigenvalue weighted by atomic mass is 10.00. The summed E-state index contributed by atoms with van der Waals surface area (Å²) in [6.07, 6.45) is 0. The van der Waals surface area contributed by atoms with Crippen LogP contribution in [0, 0.1) is 0 Å². The van der Waals surface area contributed by atoms with Gasteiger partial charge < -0.3 is 0 Å². The Bertz CT molecular complexity index is 535. The van der Waals surface area contributed by atoms with Crippen LogP contribution in [0.2, 0.25) is 0 Å². The Morgan fingerprint density at radius 3 is 2.38 bits per heavy atom. The highest BCUT2D eigenvalue weighted by molar-refractivity contribution is 5.65. The first-order valence-corrected chi connectivity index (χ1v) is 5.45. The number of aromatic amines is 1. The summed E-state index contributed by atoms with van der Waals surface area (Å²) in [6, 6.07) is 9.79. The monoisotopic (exact) mass is 216 g/mol. The van der Waals surface area contributed by atoms with E-state index in [0.717, 1.165) is 16.8 Å². The van der Waals surface area contributed by atoms with Gasteiger partial charge in [0.15, 0.2) is 0 Å². The van der Waals surface area contributed by atoms with Crippen molar-refractivity contribution in [2.75, 3.05) is 0 Å².